The molecule has 2 fully saturated rings. The zero-order valence-electron chi connectivity index (χ0n) is 8.97. The predicted octanol–water partition coefficient (Wildman–Crippen LogP) is 2.25. The molecule has 1 saturated heterocycles. The fourth-order valence-electron chi connectivity index (χ4n) is 3.13. The summed E-state index contributed by atoms with van der Waals surface area (Å²) in [5, 5.41) is 0. The van der Waals surface area contributed by atoms with E-state index in [1.165, 1.54) is 38.6 Å². The molecular formula is C12H17N3. The Bertz CT molecular complexity index is 325. The maximum absolute atomic E-state index is 4.42. The quantitative estimate of drug-likeness (QED) is 0.701. The summed E-state index contributed by atoms with van der Waals surface area (Å²) in [4.78, 5) is 11.0. The van der Waals surface area contributed by atoms with Crippen LogP contribution < -0.4 is 4.90 Å². The van der Waals surface area contributed by atoms with Gasteiger partial charge in [0.2, 0.25) is 0 Å². The lowest BCUT2D eigenvalue weighted by atomic mass is 9.85. The average molecular weight is 203 g/mol. The van der Waals surface area contributed by atoms with E-state index in [0.717, 1.165) is 17.8 Å². The fraction of sp³-hybridized carbons (Fsp3) is 0.667. The van der Waals surface area contributed by atoms with Gasteiger partial charge in [0.15, 0.2) is 0 Å². The highest BCUT2D eigenvalue weighted by atomic mass is 15.2. The Hall–Kier alpha value is -1.12. The van der Waals surface area contributed by atoms with Crippen molar-refractivity contribution in [3.63, 3.8) is 0 Å². The Kier molecular flexibility index (Phi) is 2.31. The van der Waals surface area contributed by atoms with Gasteiger partial charge in [-0.2, -0.15) is 0 Å². The molecule has 1 saturated carbocycles. The van der Waals surface area contributed by atoms with Crippen LogP contribution in [0.3, 0.4) is 0 Å². The molecule has 2 atom stereocenters. The second-order valence-electron chi connectivity index (χ2n) is 4.66. The van der Waals surface area contributed by atoms with Crippen molar-refractivity contribution in [3.8, 4) is 0 Å². The van der Waals surface area contributed by atoms with Gasteiger partial charge in [-0.3, -0.25) is 4.98 Å². The van der Waals surface area contributed by atoms with Gasteiger partial charge < -0.3 is 4.90 Å². The number of fused-ring (bicyclic) bond motifs is 1. The predicted molar refractivity (Wildman–Crippen MR) is 59.7 cm³/mol. The molecule has 0 radical (unpaired) electrons. The van der Waals surface area contributed by atoms with Crippen molar-refractivity contribution >= 4 is 5.82 Å². The molecule has 1 aliphatic heterocycles. The smallest absolute Gasteiger partial charge is 0.147 e. The lowest BCUT2D eigenvalue weighted by Gasteiger charge is -2.32. The van der Waals surface area contributed by atoms with Gasteiger partial charge in [-0.25, -0.2) is 4.98 Å². The highest BCUT2D eigenvalue weighted by Crippen LogP contribution is 2.37. The van der Waals surface area contributed by atoms with E-state index in [2.05, 4.69) is 14.9 Å². The summed E-state index contributed by atoms with van der Waals surface area (Å²) in [5.41, 5.74) is 0. The normalized spacial score (nSPS) is 30.3. The number of rotatable bonds is 1. The van der Waals surface area contributed by atoms with Gasteiger partial charge in [0, 0.05) is 25.0 Å². The molecule has 3 nitrogen and oxygen atoms in total. The molecule has 2 aliphatic rings. The molecule has 0 aromatic carbocycles. The first-order valence-corrected chi connectivity index (χ1v) is 5.98. The molecule has 0 unspecified atom stereocenters. The molecule has 3 rings (SSSR count). The summed E-state index contributed by atoms with van der Waals surface area (Å²) >= 11 is 0. The van der Waals surface area contributed by atoms with E-state index in [9.17, 15) is 0 Å². The van der Waals surface area contributed by atoms with Crippen LogP contribution in [-0.4, -0.2) is 22.6 Å². The first-order chi connectivity index (χ1) is 7.45. The number of aromatic nitrogens is 2. The van der Waals surface area contributed by atoms with Crippen LogP contribution in [-0.2, 0) is 0 Å². The lowest BCUT2D eigenvalue weighted by Crippen LogP contribution is -2.35. The Morgan fingerprint density at radius 2 is 2.07 bits per heavy atom. The van der Waals surface area contributed by atoms with Crippen molar-refractivity contribution in [1.82, 2.24) is 9.97 Å². The summed E-state index contributed by atoms with van der Waals surface area (Å²) in [5.74, 6) is 1.99. The highest BCUT2D eigenvalue weighted by molar-refractivity contribution is 5.39. The summed E-state index contributed by atoms with van der Waals surface area (Å²) in [7, 11) is 0. The van der Waals surface area contributed by atoms with E-state index in [4.69, 9.17) is 0 Å². The highest BCUT2D eigenvalue weighted by Gasteiger charge is 2.36. The van der Waals surface area contributed by atoms with Gasteiger partial charge in [-0.15, -0.1) is 0 Å². The van der Waals surface area contributed by atoms with Crippen LogP contribution in [0.15, 0.2) is 18.6 Å². The van der Waals surface area contributed by atoms with Crippen LogP contribution in [0.2, 0.25) is 0 Å². The fourth-order valence-corrected chi connectivity index (χ4v) is 3.13. The van der Waals surface area contributed by atoms with Crippen LogP contribution >= 0.6 is 0 Å². The molecule has 2 heterocycles. The first kappa shape index (κ1) is 9.13. The Labute approximate surface area is 90.5 Å². The monoisotopic (exact) mass is 203 g/mol. The maximum atomic E-state index is 4.42. The van der Waals surface area contributed by atoms with E-state index in [1.54, 1.807) is 12.4 Å². The molecule has 15 heavy (non-hydrogen) atoms. The van der Waals surface area contributed by atoms with Crippen molar-refractivity contribution < 1.29 is 0 Å². The van der Waals surface area contributed by atoms with E-state index in [1.807, 2.05) is 6.20 Å². The van der Waals surface area contributed by atoms with Gasteiger partial charge in [-0.05, 0) is 25.2 Å². The standard InChI is InChI=1S/C12H17N3/c1-2-4-11-10(3-1)5-8-15(11)12-9-13-6-7-14-12/h6-7,9-11H,1-5,8H2/t10-,11-/m0/s1. The number of hydrogen-bond acceptors (Lipinski definition) is 3. The lowest BCUT2D eigenvalue weighted by molar-refractivity contribution is 0.341. The molecule has 1 aromatic rings. The van der Waals surface area contributed by atoms with E-state index < -0.39 is 0 Å². The van der Waals surface area contributed by atoms with E-state index >= 15 is 0 Å². The molecule has 0 amide bonds. The molecular weight excluding hydrogens is 186 g/mol. The van der Waals surface area contributed by atoms with Gasteiger partial charge in [0.25, 0.3) is 0 Å². The van der Waals surface area contributed by atoms with Crippen LogP contribution in [0.25, 0.3) is 0 Å². The van der Waals surface area contributed by atoms with Crippen LogP contribution in [0.5, 0.6) is 0 Å². The van der Waals surface area contributed by atoms with E-state index in [-0.39, 0.29) is 0 Å². The number of nitrogens with zero attached hydrogens (tertiary/aromatic N) is 3. The van der Waals surface area contributed by atoms with Crippen molar-refractivity contribution in [2.75, 3.05) is 11.4 Å². The van der Waals surface area contributed by atoms with Gasteiger partial charge >= 0.3 is 0 Å². The molecule has 0 bridgehead atoms. The average Bonchev–Trinajstić information content (AvgIpc) is 2.74. The zero-order valence-corrected chi connectivity index (χ0v) is 8.97. The third kappa shape index (κ3) is 1.60. The topological polar surface area (TPSA) is 29.0 Å². The Morgan fingerprint density at radius 1 is 1.13 bits per heavy atom. The second kappa shape index (κ2) is 3.80. The van der Waals surface area contributed by atoms with Gasteiger partial charge in [0.05, 0.1) is 6.20 Å². The third-order valence-corrected chi connectivity index (χ3v) is 3.85. The largest absolute Gasteiger partial charge is 0.352 e. The summed E-state index contributed by atoms with van der Waals surface area (Å²) in [6, 6.07) is 0.746. The van der Waals surface area contributed by atoms with Gasteiger partial charge in [-0.1, -0.05) is 12.8 Å². The summed E-state index contributed by atoms with van der Waals surface area (Å²) < 4.78 is 0. The molecule has 80 valence electrons. The first-order valence-electron chi connectivity index (χ1n) is 5.98. The van der Waals surface area contributed by atoms with Crippen LogP contribution in [0.4, 0.5) is 5.82 Å². The van der Waals surface area contributed by atoms with Crippen molar-refractivity contribution in [1.29, 1.82) is 0 Å². The Morgan fingerprint density at radius 3 is 2.93 bits per heavy atom. The molecule has 1 aliphatic carbocycles. The summed E-state index contributed by atoms with van der Waals surface area (Å²) in [6.45, 7) is 1.17. The molecule has 1 aromatic heterocycles. The third-order valence-electron chi connectivity index (χ3n) is 3.85. The number of anilines is 1. The van der Waals surface area contributed by atoms with Crippen LogP contribution in [0, 0.1) is 5.92 Å². The minimum atomic E-state index is 0.746. The Balaban J connectivity index is 1.82. The van der Waals surface area contributed by atoms with Crippen molar-refractivity contribution in [3.05, 3.63) is 18.6 Å². The molecule has 0 N–H and O–H groups in total. The van der Waals surface area contributed by atoms with Crippen LogP contribution in [0.1, 0.15) is 32.1 Å². The van der Waals surface area contributed by atoms with Crippen molar-refractivity contribution in [2.45, 2.75) is 38.1 Å². The summed E-state index contributed by atoms with van der Waals surface area (Å²) in [6.07, 6.45) is 12.4. The molecule has 3 heteroatoms. The minimum absolute atomic E-state index is 0.746. The van der Waals surface area contributed by atoms with Crippen molar-refractivity contribution in [2.24, 2.45) is 5.92 Å². The SMILES string of the molecule is c1cnc(N2CC[C@@H]3CCCC[C@@H]32)cn1. The molecule has 0 spiro atoms. The minimum Gasteiger partial charge on any atom is -0.352 e. The maximum Gasteiger partial charge on any atom is 0.147 e. The number of hydrogen-bond donors (Lipinski definition) is 0. The van der Waals surface area contributed by atoms with E-state index in [0.29, 0.717) is 0 Å². The zero-order chi connectivity index (χ0) is 10.1. The van der Waals surface area contributed by atoms with Gasteiger partial charge in [0.1, 0.15) is 5.82 Å². The second-order valence-corrected chi connectivity index (χ2v) is 4.66.